The van der Waals surface area contributed by atoms with Gasteiger partial charge in [0.15, 0.2) is 0 Å². The number of aromatic nitrogens is 2. The van der Waals surface area contributed by atoms with Crippen molar-refractivity contribution < 1.29 is 9.59 Å². The maximum Gasteiger partial charge on any atom is 0.257 e. The van der Waals surface area contributed by atoms with Crippen molar-refractivity contribution in [3.63, 3.8) is 0 Å². The van der Waals surface area contributed by atoms with E-state index in [1.165, 1.54) is 6.33 Å². The molecule has 0 radical (unpaired) electrons. The lowest BCUT2D eigenvalue weighted by molar-refractivity contribution is -0.121. The highest BCUT2D eigenvalue weighted by Crippen LogP contribution is 2.31. The third kappa shape index (κ3) is 3.66. The van der Waals surface area contributed by atoms with Crippen LogP contribution in [-0.2, 0) is 11.2 Å². The van der Waals surface area contributed by atoms with Gasteiger partial charge in [-0.3, -0.25) is 14.5 Å². The van der Waals surface area contributed by atoms with Gasteiger partial charge in [-0.15, -0.1) is 0 Å². The van der Waals surface area contributed by atoms with Crippen LogP contribution in [0.15, 0.2) is 12.5 Å². The molecule has 0 bridgehead atoms. The zero-order chi connectivity index (χ0) is 17.9. The van der Waals surface area contributed by atoms with Crippen LogP contribution in [0.4, 0.5) is 0 Å². The summed E-state index contributed by atoms with van der Waals surface area (Å²) >= 11 is 0. The van der Waals surface area contributed by atoms with Crippen LogP contribution in [0.1, 0.15) is 48.7 Å². The second-order valence-electron chi connectivity index (χ2n) is 7.11. The van der Waals surface area contributed by atoms with Gasteiger partial charge in [-0.25, -0.2) is 9.97 Å². The van der Waals surface area contributed by atoms with E-state index >= 15 is 0 Å². The van der Waals surface area contributed by atoms with Crippen LogP contribution in [0, 0.1) is 0 Å². The molecule has 2 amide bonds. The Balaban J connectivity index is 1.81. The average molecular weight is 345 g/mol. The number of nitrogens with one attached hydrogen (secondary N) is 1. The molecule has 1 aromatic heterocycles. The minimum Gasteiger partial charge on any atom is -0.356 e. The van der Waals surface area contributed by atoms with Crippen molar-refractivity contribution in [2.45, 2.75) is 44.6 Å². The molecule has 3 rings (SSSR count). The molecular weight excluding hydrogens is 318 g/mol. The van der Waals surface area contributed by atoms with Crippen LogP contribution in [-0.4, -0.2) is 70.3 Å². The SMILES string of the molecule is CCCc1ncncc1C(=O)N1CCN(C)C2(CCNC(=O)CC2)C1. The molecule has 3 heterocycles. The molecule has 1 aromatic rings. The molecule has 0 saturated carbocycles. The van der Waals surface area contributed by atoms with Gasteiger partial charge < -0.3 is 10.2 Å². The van der Waals surface area contributed by atoms with E-state index < -0.39 is 0 Å². The summed E-state index contributed by atoms with van der Waals surface area (Å²) < 4.78 is 0. The van der Waals surface area contributed by atoms with Crippen molar-refractivity contribution >= 4 is 11.8 Å². The van der Waals surface area contributed by atoms with Crippen LogP contribution in [0.5, 0.6) is 0 Å². The molecule has 136 valence electrons. The number of carbonyl (C=O) groups is 2. The maximum absolute atomic E-state index is 13.1. The highest BCUT2D eigenvalue weighted by molar-refractivity contribution is 5.95. The predicted molar refractivity (Wildman–Crippen MR) is 94.2 cm³/mol. The van der Waals surface area contributed by atoms with Crippen molar-refractivity contribution in [1.29, 1.82) is 0 Å². The molecule has 2 fully saturated rings. The summed E-state index contributed by atoms with van der Waals surface area (Å²) in [6.45, 7) is 4.91. The summed E-state index contributed by atoms with van der Waals surface area (Å²) in [7, 11) is 2.10. The fourth-order valence-electron chi connectivity index (χ4n) is 3.91. The van der Waals surface area contributed by atoms with E-state index in [1.54, 1.807) is 6.20 Å². The second-order valence-corrected chi connectivity index (χ2v) is 7.11. The van der Waals surface area contributed by atoms with Crippen LogP contribution in [0.3, 0.4) is 0 Å². The van der Waals surface area contributed by atoms with E-state index in [4.69, 9.17) is 0 Å². The third-order valence-corrected chi connectivity index (χ3v) is 5.53. The largest absolute Gasteiger partial charge is 0.356 e. The lowest BCUT2D eigenvalue weighted by Gasteiger charge is -2.49. The molecule has 2 aliphatic rings. The molecule has 2 aliphatic heterocycles. The van der Waals surface area contributed by atoms with Crippen molar-refractivity contribution in [3.05, 3.63) is 23.8 Å². The fraction of sp³-hybridized carbons (Fsp3) is 0.667. The van der Waals surface area contributed by atoms with Crippen molar-refractivity contribution in [3.8, 4) is 0 Å². The van der Waals surface area contributed by atoms with E-state index in [1.807, 2.05) is 4.90 Å². The van der Waals surface area contributed by atoms with Gasteiger partial charge in [0.05, 0.1) is 11.3 Å². The molecule has 1 atom stereocenters. The number of carbonyl (C=O) groups excluding carboxylic acids is 2. The van der Waals surface area contributed by atoms with Crippen molar-refractivity contribution in [2.24, 2.45) is 0 Å². The first kappa shape index (κ1) is 17.8. The number of amides is 2. The summed E-state index contributed by atoms with van der Waals surface area (Å²) in [6.07, 6.45) is 7.04. The Morgan fingerprint density at radius 1 is 1.36 bits per heavy atom. The lowest BCUT2D eigenvalue weighted by atomic mass is 9.86. The Bertz CT molecular complexity index is 650. The number of aryl methyl sites for hydroxylation is 1. The first-order valence-corrected chi connectivity index (χ1v) is 9.12. The minimum absolute atomic E-state index is 0.0139. The second kappa shape index (κ2) is 7.47. The van der Waals surface area contributed by atoms with E-state index in [-0.39, 0.29) is 17.4 Å². The number of hydrogen-bond donors (Lipinski definition) is 1. The smallest absolute Gasteiger partial charge is 0.257 e. The molecular formula is C18H27N5O2. The first-order chi connectivity index (χ1) is 12.1. The number of hydrogen-bond acceptors (Lipinski definition) is 5. The zero-order valence-corrected chi connectivity index (χ0v) is 15.1. The van der Waals surface area contributed by atoms with E-state index in [2.05, 4.69) is 34.2 Å². The minimum atomic E-state index is -0.131. The molecule has 1 N–H and O–H groups in total. The molecule has 1 spiro atoms. The van der Waals surface area contributed by atoms with Gasteiger partial charge in [-0.05, 0) is 26.3 Å². The van der Waals surface area contributed by atoms with Gasteiger partial charge in [0.25, 0.3) is 5.91 Å². The highest BCUT2D eigenvalue weighted by Gasteiger charge is 2.42. The van der Waals surface area contributed by atoms with Crippen LogP contribution < -0.4 is 5.32 Å². The monoisotopic (exact) mass is 345 g/mol. The number of nitrogens with zero attached hydrogens (tertiary/aromatic N) is 4. The molecule has 1 unspecified atom stereocenters. The average Bonchev–Trinajstić information content (AvgIpc) is 2.80. The number of piperazine rings is 1. The van der Waals surface area contributed by atoms with E-state index in [0.717, 1.165) is 37.9 Å². The Labute approximate surface area is 148 Å². The van der Waals surface area contributed by atoms with Crippen LogP contribution in [0.25, 0.3) is 0 Å². The van der Waals surface area contributed by atoms with Crippen LogP contribution in [0.2, 0.25) is 0 Å². The normalized spacial score (nSPS) is 24.9. The number of rotatable bonds is 3. The summed E-state index contributed by atoms with van der Waals surface area (Å²) in [4.78, 5) is 37.5. The molecule has 7 nitrogen and oxygen atoms in total. The van der Waals surface area contributed by atoms with E-state index in [9.17, 15) is 9.59 Å². The highest BCUT2D eigenvalue weighted by atomic mass is 16.2. The Kier molecular flexibility index (Phi) is 5.32. The zero-order valence-electron chi connectivity index (χ0n) is 15.1. The number of likely N-dealkylation sites (N-methyl/N-ethyl adjacent to an activating group) is 1. The standard InChI is InChI=1S/C18H27N5O2/c1-3-4-15-14(11-19-13-21-15)17(25)23-10-9-22(2)18(12-23)6-5-16(24)20-8-7-18/h11,13H,3-10,12H2,1-2H3,(H,20,24). The maximum atomic E-state index is 13.1. The van der Waals surface area contributed by atoms with Gasteiger partial charge in [-0.2, -0.15) is 0 Å². The van der Waals surface area contributed by atoms with Crippen LogP contribution >= 0.6 is 0 Å². The summed E-state index contributed by atoms with van der Waals surface area (Å²) in [5.74, 6) is 0.121. The lowest BCUT2D eigenvalue weighted by Crippen LogP contribution is -2.62. The summed E-state index contributed by atoms with van der Waals surface area (Å²) in [5.41, 5.74) is 1.31. The Morgan fingerprint density at radius 2 is 2.20 bits per heavy atom. The predicted octanol–water partition coefficient (Wildman–Crippen LogP) is 0.856. The van der Waals surface area contributed by atoms with Gasteiger partial charge in [0.2, 0.25) is 5.91 Å². The Morgan fingerprint density at radius 3 is 3.00 bits per heavy atom. The summed E-state index contributed by atoms with van der Waals surface area (Å²) in [5, 5.41) is 2.95. The van der Waals surface area contributed by atoms with Gasteiger partial charge in [-0.1, -0.05) is 13.3 Å². The first-order valence-electron chi connectivity index (χ1n) is 9.12. The molecule has 0 aliphatic carbocycles. The Hall–Kier alpha value is -2.02. The summed E-state index contributed by atoms with van der Waals surface area (Å²) in [6, 6.07) is 0. The van der Waals surface area contributed by atoms with Crippen molar-refractivity contribution in [1.82, 2.24) is 25.1 Å². The molecule has 0 aromatic carbocycles. The fourth-order valence-corrected chi connectivity index (χ4v) is 3.91. The topological polar surface area (TPSA) is 78.4 Å². The van der Waals surface area contributed by atoms with E-state index in [0.29, 0.717) is 31.6 Å². The van der Waals surface area contributed by atoms with Crippen molar-refractivity contribution in [2.75, 3.05) is 33.2 Å². The molecule has 25 heavy (non-hydrogen) atoms. The molecule has 2 saturated heterocycles. The van der Waals surface area contributed by atoms with Gasteiger partial charge in [0.1, 0.15) is 6.33 Å². The molecule has 7 heteroatoms. The van der Waals surface area contributed by atoms with Gasteiger partial charge >= 0.3 is 0 Å². The quantitative estimate of drug-likeness (QED) is 0.879. The van der Waals surface area contributed by atoms with Gasteiger partial charge in [0, 0.05) is 44.3 Å². The third-order valence-electron chi connectivity index (χ3n) is 5.53.